The van der Waals surface area contributed by atoms with E-state index in [0.29, 0.717) is 23.8 Å². The summed E-state index contributed by atoms with van der Waals surface area (Å²) >= 11 is 0. The Morgan fingerprint density at radius 3 is 2.45 bits per heavy atom. The zero-order valence-corrected chi connectivity index (χ0v) is 13.4. The number of rotatable bonds is 3. The summed E-state index contributed by atoms with van der Waals surface area (Å²) in [6, 6.07) is 0.429. The molecule has 1 N–H and O–H groups in total. The van der Waals surface area contributed by atoms with Crippen LogP contribution in [0.3, 0.4) is 0 Å². The molecule has 114 valence electrons. The molecule has 0 aromatic rings. The van der Waals surface area contributed by atoms with E-state index >= 15 is 0 Å². The van der Waals surface area contributed by atoms with Crippen LogP contribution in [-0.2, 0) is 4.79 Å². The standard InChI is InChI=1S/C16H29N3O/c1-5-16(4)15(20)19(14(17-16)11(2)3)13-10-18-8-6-12(13)7-9-18/h11-14,17H,5-10H2,1-4H3. The topological polar surface area (TPSA) is 35.6 Å². The lowest BCUT2D eigenvalue weighted by atomic mass is 9.82. The van der Waals surface area contributed by atoms with E-state index in [-0.39, 0.29) is 11.7 Å². The van der Waals surface area contributed by atoms with E-state index in [0.717, 1.165) is 13.0 Å². The Kier molecular flexibility index (Phi) is 3.57. The predicted octanol–water partition coefficient (Wildman–Crippen LogP) is 1.66. The number of piperidine rings is 3. The van der Waals surface area contributed by atoms with Crippen LogP contribution in [0.25, 0.3) is 0 Å². The maximum atomic E-state index is 13.0. The van der Waals surface area contributed by atoms with Crippen LogP contribution in [0.4, 0.5) is 0 Å². The summed E-state index contributed by atoms with van der Waals surface area (Å²) in [7, 11) is 0. The van der Waals surface area contributed by atoms with E-state index in [9.17, 15) is 4.79 Å². The van der Waals surface area contributed by atoms with Crippen LogP contribution < -0.4 is 5.32 Å². The first-order chi connectivity index (χ1) is 9.46. The fraction of sp³-hybridized carbons (Fsp3) is 0.938. The summed E-state index contributed by atoms with van der Waals surface area (Å²) < 4.78 is 0. The highest BCUT2D eigenvalue weighted by atomic mass is 16.2. The van der Waals surface area contributed by atoms with Gasteiger partial charge in [0.05, 0.1) is 11.7 Å². The molecule has 3 atom stereocenters. The second-order valence-corrected chi connectivity index (χ2v) is 7.44. The quantitative estimate of drug-likeness (QED) is 0.853. The molecule has 20 heavy (non-hydrogen) atoms. The lowest BCUT2D eigenvalue weighted by Crippen LogP contribution is -2.61. The first-order valence-corrected chi connectivity index (χ1v) is 8.29. The third-order valence-corrected chi connectivity index (χ3v) is 5.79. The number of carbonyl (C=O) groups excluding carboxylic acids is 1. The molecule has 4 rings (SSSR count). The van der Waals surface area contributed by atoms with Crippen molar-refractivity contribution in [2.45, 2.75) is 64.7 Å². The van der Waals surface area contributed by atoms with Crippen LogP contribution in [-0.4, -0.2) is 53.1 Å². The molecule has 0 spiro atoms. The van der Waals surface area contributed by atoms with Crippen molar-refractivity contribution in [3.8, 4) is 0 Å². The molecular weight excluding hydrogens is 250 g/mol. The Morgan fingerprint density at radius 1 is 1.35 bits per heavy atom. The molecule has 3 unspecified atom stereocenters. The number of nitrogens with zero attached hydrogens (tertiary/aromatic N) is 2. The Balaban J connectivity index is 1.87. The summed E-state index contributed by atoms with van der Waals surface area (Å²) in [5.41, 5.74) is -0.360. The van der Waals surface area contributed by atoms with E-state index in [1.54, 1.807) is 0 Å². The van der Waals surface area contributed by atoms with E-state index in [1.807, 2.05) is 0 Å². The van der Waals surface area contributed by atoms with Crippen LogP contribution >= 0.6 is 0 Å². The molecular formula is C16H29N3O. The van der Waals surface area contributed by atoms with Crippen LogP contribution in [0.1, 0.15) is 47.0 Å². The SMILES string of the molecule is CCC1(C)NC(C(C)C)N(C2CN3CCC2CC3)C1=O. The molecule has 0 aliphatic carbocycles. The van der Waals surface area contributed by atoms with E-state index in [4.69, 9.17) is 0 Å². The van der Waals surface area contributed by atoms with Gasteiger partial charge in [-0.2, -0.15) is 0 Å². The summed E-state index contributed by atoms with van der Waals surface area (Å²) in [6.07, 6.45) is 3.61. The zero-order valence-electron chi connectivity index (χ0n) is 13.4. The van der Waals surface area contributed by atoms with E-state index < -0.39 is 0 Å². The molecule has 2 bridgehead atoms. The first kappa shape index (κ1) is 14.3. The molecule has 0 aromatic heterocycles. The minimum atomic E-state index is -0.360. The molecule has 4 fully saturated rings. The van der Waals surface area contributed by atoms with Crippen molar-refractivity contribution >= 4 is 5.91 Å². The molecule has 4 nitrogen and oxygen atoms in total. The number of amides is 1. The van der Waals surface area contributed by atoms with Gasteiger partial charge in [0.15, 0.2) is 0 Å². The van der Waals surface area contributed by atoms with Gasteiger partial charge in [-0.05, 0) is 51.1 Å². The largest absolute Gasteiger partial charge is 0.321 e. The van der Waals surface area contributed by atoms with Gasteiger partial charge in [0.2, 0.25) is 5.91 Å². The van der Waals surface area contributed by atoms with E-state index in [1.165, 1.54) is 25.9 Å². The monoisotopic (exact) mass is 279 g/mol. The molecule has 0 aromatic carbocycles. The van der Waals surface area contributed by atoms with Crippen molar-refractivity contribution in [3.05, 3.63) is 0 Å². The molecule has 4 saturated heterocycles. The van der Waals surface area contributed by atoms with Gasteiger partial charge in [-0.15, -0.1) is 0 Å². The van der Waals surface area contributed by atoms with Crippen molar-refractivity contribution in [3.63, 3.8) is 0 Å². The van der Waals surface area contributed by atoms with Gasteiger partial charge >= 0.3 is 0 Å². The highest BCUT2D eigenvalue weighted by Gasteiger charge is 2.52. The normalized spacial score (nSPS) is 44.6. The van der Waals surface area contributed by atoms with Gasteiger partial charge in [-0.3, -0.25) is 10.1 Å². The third kappa shape index (κ3) is 2.08. The third-order valence-electron chi connectivity index (χ3n) is 5.79. The highest BCUT2D eigenvalue weighted by molar-refractivity contribution is 5.88. The molecule has 4 heterocycles. The lowest BCUT2D eigenvalue weighted by Gasteiger charge is -2.49. The zero-order chi connectivity index (χ0) is 14.5. The van der Waals surface area contributed by atoms with Crippen molar-refractivity contribution in [2.75, 3.05) is 19.6 Å². The summed E-state index contributed by atoms with van der Waals surface area (Å²) in [4.78, 5) is 17.8. The Labute approximate surface area is 122 Å². The number of fused-ring (bicyclic) bond motifs is 3. The lowest BCUT2D eigenvalue weighted by molar-refractivity contribution is -0.140. The van der Waals surface area contributed by atoms with Gasteiger partial charge in [0.25, 0.3) is 0 Å². The molecule has 4 aliphatic heterocycles. The average Bonchev–Trinajstić information content (AvgIpc) is 2.73. The maximum absolute atomic E-state index is 13.0. The molecule has 4 heteroatoms. The van der Waals surface area contributed by atoms with Crippen molar-refractivity contribution in [2.24, 2.45) is 11.8 Å². The molecule has 1 amide bonds. The van der Waals surface area contributed by atoms with Crippen LogP contribution in [0, 0.1) is 11.8 Å². The first-order valence-electron chi connectivity index (χ1n) is 8.29. The Morgan fingerprint density at radius 2 is 2.00 bits per heavy atom. The predicted molar refractivity (Wildman–Crippen MR) is 80.3 cm³/mol. The van der Waals surface area contributed by atoms with Gasteiger partial charge in [0.1, 0.15) is 0 Å². The van der Waals surface area contributed by atoms with Crippen molar-refractivity contribution in [1.82, 2.24) is 15.1 Å². The number of carbonyl (C=O) groups is 1. The molecule has 4 aliphatic rings. The maximum Gasteiger partial charge on any atom is 0.244 e. The van der Waals surface area contributed by atoms with E-state index in [2.05, 4.69) is 42.8 Å². The van der Waals surface area contributed by atoms with Crippen LogP contribution in [0.2, 0.25) is 0 Å². The Bertz CT molecular complexity index is 389. The minimum absolute atomic E-state index is 0.206. The second kappa shape index (κ2) is 4.99. The van der Waals surface area contributed by atoms with Gasteiger partial charge in [0, 0.05) is 12.6 Å². The fourth-order valence-electron chi connectivity index (χ4n) is 4.22. The molecule has 0 saturated carbocycles. The fourth-order valence-corrected chi connectivity index (χ4v) is 4.22. The van der Waals surface area contributed by atoms with Crippen molar-refractivity contribution in [1.29, 1.82) is 0 Å². The Hall–Kier alpha value is -0.610. The number of hydrogen-bond donors (Lipinski definition) is 1. The smallest absolute Gasteiger partial charge is 0.244 e. The number of nitrogens with one attached hydrogen (secondary N) is 1. The summed E-state index contributed by atoms with van der Waals surface area (Å²) in [5.74, 6) is 1.51. The minimum Gasteiger partial charge on any atom is -0.321 e. The second-order valence-electron chi connectivity index (χ2n) is 7.44. The van der Waals surface area contributed by atoms with Gasteiger partial charge in [-0.25, -0.2) is 0 Å². The van der Waals surface area contributed by atoms with Crippen LogP contribution in [0.5, 0.6) is 0 Å². The molecule has 0 radical (unpaired) electrons. The van der Waals surface area contributed by atoms with Gasteiger partial charge in [-0.1, -0.05) is 20.8 Å². The van der Waals surface area contributed by atoms with Crippen molar-refractivity contribution < 1.29 is 4.79 Å². The summed E-state index contributed by atoms with van der Waals surface area (Å²) in [6.45, 7) is 12.2. The summed E-state index contributed by atoms with van der Waals surface area (Å²) in [5, 5.41) is 3.63. The van der Waals surface area contributed by atoms with Gasteiger partial charge < -0.3 is 9.80 Å². The highest BCUT2D eigenvalue weighted by Crippen LogP contribution is 2.37. The van der Waals surface area contributed by atoms with Crippen LogP contribution in [0.15, 0.2) is 0 Å². The number of hydrogen-bond acceptors (Lipinski definition) is 3. The average molecular weight is 279 g/mol.